The van der Waals surface area contributed by atoms with Crippen molar-refractivity contribution in [3.63, 3.8) is 0 Å². The van der Waals surface area contributed by atoms with Crippen LogP contribution in [0.5, 0.6) is 0 Å². The van der Waals surface area contributed by atoms with Crippen molar-refractivity contribution >= 4 is 5.82 Å². The van der Waals surface area contributed by atoms with Crippen molar-refractivity contribution in [3.8, 4) is 6.07 Å². The number of pyridine rings is 1. The predicted molar refractivity (Wildman–Crippen MR) is 33.3 cm³/mol. The zero-order valence-electron chi connectivity index (χ0n) is 5.00. The van der Waals surface area contributed by atoms with Crippen LogP contribution in [-0.4, -0.2) is 4.98 Å². The number of hydrogen-bond donors (Lipinski definition) is 1. The number of halogens is 1. The van der Waals surface area contributed by atoms with Crippen LogP contribution in [0.25, 0.3) is 0 Å². The van der Waals surface area contributed by atoms with E-state index in [9.17, 15) is 4.39 Å². The molecular formula is C6H4FN3. The van der Waals surface area contributed by atoms with Crippen LogP contribution in [0.4, 0.5) is 10.2 Å². The van der Waals surface area contributed by atoms with Crippen LogP contribution in [0.3, 0.4) is 0 Å². The molecule has 1 rings (SSSR count). The standard InChI is InChI=1S/C6H4FN3/c7-5-1-2-10-6(9)4(5)3-8/h1-2H,(H2,9,10). The Hall–Kier alpha value is -1.63. The molecule has 0 aliphatic carbocycles. The Kier molecular flexibility index (Phi) is 1.50. The average Bonchev–Trinajstić information content (AvgIpc) is 1.88. The minimum atomic E-state index is -0.630. The van der Waals surface area contributed by atoms with E-state index in [2.05, 4.69) is 4.98 Å². The first-order chi connectivity index (χ1) is 4.75. The maximum absolute atomic E-state index is 12.5. The van der Waals surface area contributed by atoms with Gasteiger partial charge < -0.3 is 5.73 Å². The lowest BCUT2D eigenvalue weighted by molar-refractivity contribution is 0.622. The molecule has 0 unspecified atom stereocenters. The van der Waals surface area contributed by atoms with Gasteiger partial charge in [-0.05, 0) is 6.07 Å². The Bertz CT molecular complexity index is 269. The number of nitrogens with two attached hydrogens (primary N) is 1. The second-order valence-corrected chi connectivity index (χ2v) is 1.66. The third-order valence-electron chi connectivity index (χ3n) is 1.04. The van der Waals surface area contributed by atoms with E-state index >= 15 is 0 Å². The van der Waals surface area contributed by atoms with Crippen molar-refractivity contribution < 1.29 is 4.39 Å². The Morgan fingerprint density at radius 3 is 2.80 bits per heavy atom. The van der Waals surface area contributed by atoms with Gasteiger partial charge in [0.1, 0.15) is 23.3 Å². The maximum Gasteiger partial charge on any atom is 0.146 e. The smallest absolute Gasteiger partial charge is 0.146 e. The molecule has 3 nitrogen and oxygen atoms in total. The molecule has 0 aromatic carbocycles. The minimum Gasteiger partial charge on any atom is -0.383 e. The molecule has 0 aliphatic rings. The monoisotopic (exact) mass is 137 g/mol. The van der Waals surface area contributed by atoms with Gasteiger partial charge in [0.05, 0.1) is 0 Å². The van der Waals surface area contributed by atoms with Gasteiger partial charge in [-0.15, -0.1) is 0 Å². The lowest BCUT2D eigenvalue weighted by Gasteiger charge is -1.93. The quantitative estimate of drug-likeness (QED) is 0.571. The molecule has 10 heavy (non-hydrogen) atoms. The number of nitrogens with zero attached hydrogens (tertiary/aromatic N) is 2. The summed E-state index contributed by atoms with van der Waals surface area (Å²) in [5, 5.41) is 8.29. The van der Waals surface area contributed by atoms with Gasteiger partial charge in [0.25, 0.3) is 0 Å². The number of anilines is 1. The molecule has 1 heterocycles. The summed E-state index contributed by atoms with van der Waals surface area (Å²) in [7, 11) is 0. The molecule has 0 amide bonds. The number of rotatable bonds is 0. The Labute approximate surface area is 56.9 Å². The van der Waals surface area contributed by atoms with Crippen LogP contribution in [0, 0.1) is 17.1 Å². The fourth-order valence-corrected chi connectivity index (χ4v) is 0.564. The van der Waals surface area contributed by atoms with Gasteiger partial charge in [0.15, 0.2) is 0 Å². The van der Waals surface area contributed by atoms with Gasteiger partial charge >= 0.3 is 0 Å². The van der Waals surface area contributed by atoms with Gasteiger partial charge in [-0.2, -0.15) is 5.26 Å². The molecule has 0 saturated carbocycles. The van der Waals surface area contributed by atoms with Gasteiger partial charge in [-0.25, -0.2) is 9.37 Å². The SMILES string of the molecule is N#Cc1c(F)ccnc1N. The predicted octanol–water partition coefficient (Wildman–Crippen LogP) is 0.675. The van der Waals surface area contributed by atoms with Crippen molar-refractivity contribution in [1.82, 2.24) is 4.98 Å². The van der Waals surface area contributed by atoms with E-state index in [4.69, 9.17) is 11.0 Å². The van der Waals surface area contributed by atoms with Crippen LogP contribution in [0.15, 0.2) is 12.3 Å². The van der Waals surface area contributed by atoms with Gasteiger partial charge in [-0.1, -0.05) is 0 Å². The number of hydrogen-bond acceptors (Lipinski definition) is 3. The Balaban J connectivity index is 3.34. The summed E-state index contributed by atoms with van der Waals surface area (Å²) in [5.74, 6) is -0.697. The molecule has 0 radical (unpaired) electrons. The Morgan fingerprint density at radius 1 is 1.70 bits per heavy atom. The second kappa shape index (κ2) is 2.31. The van der Waals surface area contributed by atoms with Crippen LogP contribution in [0.2, 0.25) is 0 Å². The third-order valence-corrected chi connectivity index (χ3v) is 1.04. The molecular weight excluding hydrogens is 133 g/mol. The summed E-state index contributed by atoms with van der Waals surface area (Å²) in [4.78, 5) is 3.53. The minimum absolute atomic E-state index is 0.0671. The zero-order valence-corrected chi connectivity index (χ0v) is 5.00. The first-order valence-corrected chi connectivity index (χ1v) is 2.56. The number of nitrogen functional groups attached to an aromatic ring is 1. The van der Waals surface area contributed by atoms with Gasteiger partial charge in [0, 0.05) is 6.20 Å². The summed E-state index contributed by atoms with van der Waals surface area (Å²) in [5.41, 5.74) is 4.97. The van der Waals surface area contributed by atoms with Gasteiger partial charge in [0.2, 0.25) is 0 Å². The molecule has 2 N–H and O–H groups in total. The van der Waals surface area contributed by atoms with E-state index in [1.54, 1.807) is 6.07 Å². The first-order valence-electron chi connectivity index (χ1n) is 2.56. The number of nitriles is 1. The molecule has 0 atom stereocenters. The van der Waals surface area contributed by atoms with Crippen LogP contribution >= 0.6 is 0 Å². The summed E-state index contributed by atoms with van der Waals surface area (Å²) >= 11 is 0. The second-order valence-electron chi connectivity index (χ2n) is 1.66. The molecule has 4 heteroatoms. The van der Waals surface area contributed by atoms with Crippen molar-refractivity contribution in [2.75, 3.05) is 5.73 Å². The highest BCUT2D eigenvalue weighted by Crippen LogP contribution is 2.09. The van der Waals surface area contributed by atoms with E-state index < -0.39 is 5.82 Å². The molecule has 1 aromatic rings. The summed E-state index contributed by atoms with van der Waals surface area (Å²) < 4.78 is 12.5. The zero-order chi connectivity index (χ0) is 7.56. The molecule has 50 valence electrons. The normalized spacial score (nSPS) is 8.80. The topological polar surface area (TPSA) is 62.7 Å². The summed E-state index contributed by atoms with van der Waals surface area (Å²) in [6.45, 7) is 0. The number of aromatic nitrogens is 1. The molecule has 0 spiro atoms. The molecule has 0 aliphatic heterocycles. The van der Waals surface area contributed by atoms with E-state index in [1.807, 2.05) is 0 Å². The lowest BCUT2D eigenvalue weighted by Crippen LogP contribution is -1.96. The fraction of sp³-hybridized carbons (Fsp3) is 0. The van der Waals surface area contributed by atoms with Crippen molar-refractivity contribution in [1.29, 1.82) is 5.26 Å². The third kappa shape index (κ3) is 0.890. The largest absolute Gasteiger partial charge is 0.383 e. The van der Waals surface area contributed by atoms with E-state index in [1.165, 1.54) is 6.20 Å². The summed E-state index contributed by atoms with van der Waals surface area (Å²) in [6.07, 6.45) is 1.21. The molecule has 0 bridgehead atoms. The van der Waals surface area contributed by atoms with Crippen LogP contribution in [-0.2, 0) is 0 Å². The van der Waals surface area contributed by atoms with Crippen molar-refractivity contribution in [3.05, 3.63) is 23.6 Å². The molecule has 0 fully saturated rings. The van der Waals surface area contributed by atoms with E-state index in [-0.39, 0.29) is 11.4 Å². The van der Waals surface area contributed by atoms with E-state index in [0.29, 0.717) is 0 Å². The van der Waals surface area contributed by atoms with Gasteiger partial charge in [-0.3, -0.25) is 0 Å². The lowest BCUT2D eigenvalue weighted by atomic mass is 10.3. The fourth-order valence-electron chi connectivity index (χ4n) is 0.564. The van der Waals surface area contributed by atoms with Crippen molar-refractivity contribution in [2.24, 2.45) is 0 Å². The molecule has 0 saturated heterocycles. The highest BCUT2D eigenvalue weighted by Gasteiger charge is 2.03. The highest BCUT2D eigenvalue weighted by atomic mass is 19.1. The van der Waals surface area contributed by atoms with Crippen LogP contribution < -0.4 is 5.73 Å². The molecule has 1 aromatic heterocycles. The van der Waals surface area contributed by atoms with E-state index in [0.717, 1.165) is 6.07 Å². The summed E-state index contributed by atoms with van der Waals surface area (Å²) in [6, 6.07) is 2.69. The maximum atomic E-state index is 12.5. The average molecular weight is 137 g/mol. The highest BCUT2D eigenvalue weighted by molar-refractivity contribution is 5.48. The Morgan fingerprint density at radius 2 is 2.40 bits per heavy atom. The van der Waals surface area contributed by atoms with Crippen LogP contribution in [0.1, 0.15) is 5.56 Å². The first kappa shape index (κ1) is 6.49. The van der Waals surface area contributed by atoms with Crippen molar-refractivity contribution in [2.45, 2.75) is 0 Å².